The molecule has 0 saturated carbocycles. The number of carbonyl (C=O) groups excluding carboxylic acids is 1. The number of pyridine rings is 1. The van der Waals surface area contributed by atoms with E-state index in [2.05, 4.69) is 25.5 Å². The number of nitrogens with one attached hydrogen (secondary N) is 2. The van der Waals surface area contributed by atoms with E-state index >= 15 is 0 Å². The number of rotatable bonds is 6. The van der Waals surface area contributed by atoms with E-state index in [9.17, 15) is 4.79 Å². The molecule has 10 heteroatoms. The molecular formula is C17H15N7OS2. The molecule has 0 unspecified atom stereocenters. The third-order valence-electron chi connectivity index (χ3n) is 3.86. The first-order valence-corrected chi connectivity index (χ1v) is 9.43. The number of hydrogen-bond donors (Lipinski definition) is 2. The van der Waals surface area contributed by atoms with Crippen LogP contribution in [0.5, 0.6) is 0 Å². The minimum atomic E-state index is -0.118. The third-order valence-corrected chi connectivity index (χ3v) is 5.04. The SMILES string of the molecule is O=C(CCn1c(-c2cccs2)n[nH]c1=S)Nc1ccc(-n2ccnc2)nc1. The van der Waals surface area contributed by atoms with Crippen LogP contribution < -0.4 is 5.32 Å². The van der Waals surface area contributed by atoms with Crippen LogP contribution in [-0.4, -0.2) is 35.2 Å². The lowest BCUT2D eigenvalue weighted by Gasteiger charge is -2.08. The van der Waals surface area contributed by atoms with Crippen molar-refractivity contribution in [1.29, 1.82) is 0 Å². The number of aromatic amines is 1. The number of amides is 1. The summed E-state index contributed by atoms with van der Waals surface area (Å²) < 4.78 is 4.12. The Morgan fingerprint density at radius 2 is 2.26 bits per heavy atom. The summed E-state index contributed by atoms with van der Waals surface area (Å²) in [5.41, 5.74) is 0.637. The Labute approximate surface area is 163 Å². The topological polar surface area (TPSA) is 93.4 Å². The summed E-state index contributed by atoms with van der Waals surface area (Å²) in [6.07, 6.45) is 7.05. The molecule has 0 fully saturated rings. The number of hydrogen-bond acceptors (Lipinski definition) is 6. The van der Waals surface area contributed by atoms with Gasteiger partial charge < -0.3 is 5.32 Å². The van der Waals surface area contributed by atoms with Crippen LogP contribution in [0.3, 0.4) is 0 Å². The molecular weight excluding hydrogens is 382 g/mol. The second-order valence-corrected chi connectivity index (χ2v) is 6.99. The summed E-state index contributed by atoms with van der Waals surface area (Å²) in [4.78, 5) is 21.6. The molecule has 0 aliphatic rings. The molecule has 0 bridgehead atoms. The van der Waals surface area contributed by atoms with Crippen molar-refractivity contribution in [2.75, 3.05) is 5.32 Å². The average molecular weight is 397 g/mol. The summed E-state index contributed by atoms with van der Waals surface area (Å²) in [5, 5.41) is 11.9. The number of imidazole rings is 1. The van der Waals surface area contributed by atoms with Crippen molar-refractivity contribution in [2.45, 2.75) is 13.0 Å². The normalized spacial score (nSPS) is 10.8. The fourth-order valence-corrected chi connectivity index (χ4v) is 3.51. The Morgan fingerprint density at radius 1 is 1.33 bits per heavy atom. The number of nitrogens with zero attached hydrogens (tertiary/aromatic N) is 5. The first-order chi connectivity index (χ1) is 13.2. The van der Waals surface area contributed by atoms with Gasteiger partial charge in [-0.1, -0.05) is 6.07 Å². The van der Waals surface area contributed by atoms with Gasteiger partial charge in [-0.3, -0.25) is 19.0 Å². The van der Waals surface area contributed by atoms with Crippen molar-refractivity contribution in [3.05, 3.63) is 59.3 Å². The molecule has 0 spiro atoms. The Kier molecular flexibility index (Phi) is 4.90. The quantitative estimate of drug-likeness (QED) is 0.487. The maximum Gasteiger partial charge on any atom is 0.226 e. The molecule has 27 heavy (non-hydrogen) atoms. The average Bonchev–Trinajstić information content (AvgIpc) is 3.43. The molecule has 0 saturated heterocycles. The molecule has 0 aliphatic carbocycles. The van der Waals surface area contributed by atoms with Crippen LogP contribution in [0.15, 0.2) is 54.6 Å². The van der Waals surface area contributed by atoms with E-state index in [1.807, 2.05) is 28.1 Å². The third kappa shape index (κ3) is 3.86. The van der Waals surface area contributed by atoms with Crippen molar-refractivity contribution in [2.24, 2.45) is 0 Å². The van der Waals surface area contributed by atoms with Gasteiger partial charge in [0.1, 0.15) is 12.1 Å². The highest BCUT2D eigenvalue weighted by atomic mass is 32.1. The Balaban J connectivity index is 1.39. The lowest BCUT2D eigenvalue weighted by atomic mass is 10.3. The van der Waals surface area contributed by atoms with Crippen molar-refractivity contribution >= 4 is 35.1 Å². The van der Waals surface area contributed by atoms with Gasteiger partial charge in [0.15, 0.2) is 10.6 Å². The fourth-order valence-electron chi connectivity index (χ4n) is 2.56. The highest BCUT2D eigenvalue weighted by Gasteiger charge is 2.11. The molecule has 0 atom stereocenters. The van der Waals surface area contributed by atoms with Crippen LogP contribution in [0.4, 0.5) is 5.69 Å². The van der Waals surface area contributed by atoms with Crippen molar-refractivity contribution < 1.29 is 4.79 Å². The van der Waals surface area contributed by atoms with Crippen LogP contribution >= 0.6 is 23.6 Å². The lowest BCUT2D eigenvalue weighted by molar-refractivity contribution is -0.116. The van der Waals surface area contributed by atoms with E-state index in [0.29, 0.717) is 17.0 Å². The van der Waals surface area contributed by atoms with E-state index in [4.69, 9.17) is 12.2 Å². The molecule has 4 rings (SSSR count). The monoisotopic (exact) mass is 397 g/mol. The van der Waals surface area contributed by atoms with E-state index in [0.717, 1.165) is 16.5 Å². The minimum absolute atomic E-state index is 0.118. The summed E-state index contributed by atoms with van der Waals surface area (Å²) in [7, 11) is 0. The first kappa shape index (κ1) is 17.3. The number of thiophene rings is 1. The van der Waals surface area contributed by atoms with Gasteiger partial charge >= 0.3 is 0 Å². The Hall–Kier alpha value is -3.11. The summed E-state index contributed by atoms with van der Waals surface area (Å²) in [5.74, 6) is 1.36. The van der Waals surface area contributed by atoms with Gasteiger partial charge in [0, 0.05) is 25.4 Å². The van der Waals surface area contributed by atoms with E-state index in [1.54, 1.807) is 46.9 Å². The van der Waals surface area contributed by atoms with Gasteiger partial charge in [0.25, 0.3) is 0 Å². The maximum absolute atomic E-state index is 12.3. The number of carbonyl (C=O) groups is 1. The zero-order chi connectivity index (χ0) is 18.6. The van der Waals surface area contributed by atoms with E-state index in [-0.39, 0.29) is 12.3 Å². The van der Waals surface area contributed by atoms with Gasteiger partial charge in [0.2, 0.25) is 5.91 Å². The maximum atomic E-state index is 12.3. The Morgan fingerprint density at radius 3 is 2.96 bits per heavy atom. The van der Waals surface area contributed by atoms with Crippen molar-refractivity contribution in [3.63, 3.8) is 0 Å². The predicted molar refractivity (Wildman–Crippen MR) is 105 cm³/mol. The molecule has 8 nitrogen and oxygen atoms in total. The van der Waals surface area contributed by atoms with Crippen molar-refractivity contribution in [1.82, 2.24) is 29.3 Å². The zero-order valence-electron chi connectivity index (χ0n) is 14.1. The number of H-pyrrole nitrogens is 1. The van der Waals surface area contributed by atoms with Gasteiger partial charge in [-0.15, -0.1) is 11.3 Å². The molecule has 0 aromatic carbocycles. The highest BCUT2D eigenvalue weighted by Crippen LogP contribution is 2.23. The molecule has 0 radical (unpaired) electrons. The molecule has 136 valence electrons. The van der Waals surface area contributed by atoms with Crippen LogP contribution in [0.2, 0.25) is 0 Å². The van der Waals surface area contributed by atoms with Gasteiger partial charge in [-0.2, -0.15) is 5.10 Å². The second kappa shape index (κ2) is 7.64. The zero-order valence-corrected chi connectivity index (χ0v) is 15.7. The summed E-state index contributed by atoms with van der Waals surface area (Å²) >= 11 is 6.86. The molecule has 1 amide bonds. The summed E-state index contributed by atoms with van der Waals surface area (Å²) in [6, 6.07) is 7.55. The van der Waals surface area contributed by atoms with E-state index in [1.165, 1.54) is 0 Å². The highest BCUT2D eigenvalue weighted by molar-refractivity contribution is 7.71. The van der Waals surface area contributed by atoms with Crippen molar-refractivity contribution in [3.8, 4) is 16.5 Å². The second-order valence-electron chi connectivity index (χ2n) is 5.65. The Bertz CT molecular complexity index is 1080. The molecule has 2 N–H and O–H groups in total. The van der Waals surface area contributed by atoms with Crippen LogP contribution in [-0.2, 0) is 11.3 Å². The predicted octanol–water partition coefficient (Wildman–Crippen LogP) is 3.28. The minimum Gasteiger partial charge on any atom is -0.325 e. The molecule has 4 heterocycles. The first-order valence-electron chi connectivity index (χ1n) is 8.14. The van der Waals surface area contributed by atoms with Crippen LogP contribution in [0.25, 0.3) is 16.5 Å². The molecule has 4 aromatic heterocycles. The van der Waals surface area contributed by atoms with Gasteiger partial charge in [-0.25, -0.2) is 9.97 Å². The number of aromatic nitrogens is 6. The smallest absolute Gasteiger partial charge is 0.226 e. The fraction of sp³-hybridized carbons (Fsp3) is 0.118. The molecule has 0 aliphatic heterocycles. The largest absolute Gasteiger partial charge is 0.325 e. The van der Waals surface area contributed by atoms with Gasteiger partial charge in [0.05, 0.1) is 16.8 Å². The molecule has 4 aromatic rings. The van der Waals surface area contributed by atoms with E-state index < -0.39 is 0 Å². The lowest BCUT2D eigenvalue weighted by Crippen LogP contribution is -2.15. The van der Waals surface area contributed by atoms with Crippen LogP contribution in [0.1, 0.15) is 6.42 Å². The summed E-state index contributed by atoms with van der Waals surface area (Å²) in [6.45, 7) is 0.439. The number of anilines is 1. The standard InChI is InChI=1S/C17H15N7OS2/c25-15(20-12-3-4-14(19-10-12)23-8-6-18-11-23)5-7-24-16(21-22-17(24)26)13-2-1-9-27-13/h1-4,6,8-11H,5,7H2,(H,20,25)(H,22,26). The van der Waals surface area contributed by atoms with Crippen LogP contribution in [0, 0.1) is 4.77 Å². The van der Waals surface area contributed by atoms with Gasteiger partial charge in [-0.05, 0) is 35.8 Å².